The molecule has 1 aliphatic heterocycles. The van der Waals surface area contributed by atoms with Crippen LogP contribution >= 0.6 is 11.3 Å². The minimum atomic E-state index is 0.240. The molecule has 0 bridgehead atoms. The lowest BCUT2D eigenvalue weighted by molar-refractivity contribution is 0.347. The predicted molar refractivity (Wildman–Crippen MR) is 85.7 cm³/mol. The van der Waals surface area contributed by atoms with Crippen LogP contribution in [0.1, 0.15) is 21.1 Å². The first kappa shape index (κ1) is 13.8. The topological polar surface area (TPSA) is 60.2 Å². The normalized spacial score (nSPS) is 15.1. The van der Waals surface area contributed by atoms with Crippen LogP contribution in [0.3, 0.4) is 0 Å². The number of aliphatic hydroxyl groups excluding tert-OH is 1. The van der Waals surface area contributed by atoms with Gasteiger partial charge in [0.05, 0.1) is 17.8 Å². The summed E-state index contributed by atoms with van der Waals surface area (Å²) in [6.45, 7) is 4.96. The Morgan fingerprint density at radius 3 is 2.62 bits per heavy atom. The van der Waals surface area contributed by atoms with E-state index in [0.717, 1.165) is 21.1 Å². The van der Waals surface area contributed by atoms with Crippen LogP contribution in [0, 0.1) is 19.3 Å². The van der Waals surface area contributed by atoms with E-state index in [0.29, 0.717) is 24.5 Å². The second-order valence-corrected chi connectivity index (χ2v) is 6.38. The van der Waals surface area contributed by atoms with E-state index in [2.05, 4.69) is 4.98 Å². The summed E-state index contributed by atoms with van der Waals surface area (Å²) in [6.07, 6.45) is 0. The number of hydrogen-bond acceptors (Lipinski definition) is 4. The van der Waals surface area contributed by atoms with Crippen molar-refractivity contribution in [1.29, 1.82) is 5.41 Å². The lowest BCUT2D eigenvalue weighted by atomic mass is 10.2. The third-order valence-electron chi connectivity index (χ3n) is 3.64. The number of benzene rings is 1. The van der Waals surface area contributed by atoms with Gasteiger partial charge in [-0.15, -0.1) is 11.3 Å². The van der Waals surface area contributed by atoms with E-state index in [1.54, 1.807) is 0 Å². The molecule has 2 aromatic rings. The second-order valence-electron chi connectivity index (χ2n) is 5.17. The Morgan fingerprint density at radius 1 is 1.29 bits per heavy atom. The number of aromatic nitrogens is 1. The van der Waals surface area contributed by atoms with Gasteiger partial charge in [0.25, 0.3) is 0 Å². The van der Waals surface area contributed by atoms with Crippen molar-refractivity contribution in [2.45, 2.75) is 20.4 Å². The van der Waals surface area contributed by atoms with Crippen LogP contribution in [0.25, 0.3) is 5.57 Å². The standard InChI is InChI=1S/C16H17N3OS/c1-10-11(2)21-16(18-10)14-13(20)9-19(15(14)17)8-12-6-4-3-5-7-12/h3-7,17,20H,8-9H2,1-2H3. The molecule has 1 aromatic heterocycles. The third kappa shape index (κ3) is 2.56. The minimum absolute atomic E-state index is 0.240. The predicted octanol–water partition coefficient (Wildman–Crippen LogP) is 3.52. The molecule has 0 unspecified atom stereocenters. The molecule has 0 atom stereocenters. The summed E-state index contributed by atoms with van der Waals surface area (Å²) in [5.74, 6) is 0.592. The SMILES string of the molecule is Cc1nc(C2=C(O)CN(Cc3ccccc3)C2=N)sc1C. The number of nitrogens with one attached hydrogen (secondary N) is 1. The molecule has 0 radical (unpaired) electrons. The van der Waals surface area contributed by atoms with Crippen molar-refractivity contribution in [2.24, 2.45) is 0 Å². The van der Waals surface area contributed by atoms with Crippen molar-refractivity contribution in [3.63, 3.8) is 0 Å². The molecule has 2 N–H and O–H groups in total. The number of aliphatic hydroxyl groups is 1. The lowest BCUT2D eigenvalue weighted by Gasteiger charge is -2.18. The number of nitrogens with zero attached hydrogens (tertiary/aromatic N) is 2. The molecule has 0 spiro atoms. The first-order chi connectivity index (χ1) is 10.1. The fourth-order valence-corrected chi connectivity index (χ4v) is 3.36. The Bertz CT molecular complexity index is 699. The van der Waals surface area contributed by atoms with Crippen LogP contribution < -0.4 is 0 Å². The molecule has 21 heavy (non-hydrogen) atoms. The van der Waals surface area contributed by atoms with Gasteiger partial charge in [-0.3, -0.25) is 5.41 Å². The maximum atomic E-state index is 10.2. The van der Waals surface area contributed by atoms with E-state index in [4.69, 9.17) is 5.41 Å². The monoisotopic (exact) mass is 299 g/mol. The number of rotatable bonds is 3. The molecule has 0 aliphatic carbocycles. The average molecular weight is 299 g/mol. The van der Waals surface area contributed by atoms with Crippen molar-refractivity contribution in [3.05, 3.63) is 57.2 Å². The quantitative estimate of drug-likeness (QED) is 0.911. The van der Waals surface area contributed by atoms with Gasteiger partial charge in [0.1, 0.15) is 16.6 Å². The first-order valence-corrected chi connectivity index (χ1v) is 7.62. The Labute approximate surface area is 127 Å². The van der Waals surface area contributed by atoms with Gasteiger partial charge in [0, 0.05) is 11.4 Å². The third-order valence-corrected chi connectivity index (χ3v) is 4.73. The first-order valence-electron chi connectivity index (χ1n) is 6.80. The Kier molecular flexibility index (Phi) is 3.51. The number of hydrogen-bond donors (Lipinski definition) is 2. The van der Waals surface area contributed by atoms with Gasteiger partial charge in [-0.25, -0.2) is 4.98 Å². The highest BCUT2D eigenvalue weighted by molar-refractivity contribution is 7.13. The second kappa shape index (κ2) is 5.33. The van der Waals surface area contributed by atoms with E-state index in [9.17, 15) is 5.11 Å². The fourth-order valence-electron chi connectivity index (χ4n) is 2.38. The van der Waals surface area contributed by atoms with Crippen molar-refractivity contribution in [1.82, 2.24) is 9.88 Å². The van der Waals surface area contributed by atoms with E-state index < -0.39 is 0 Å². The van der Waals surface area contributed by atoms with Crippen molar-refractivity contribution in [2.75, 3.05) is 6.54 Å². The smallest absolute Gasteiger partial charge is 0.135 e. The average Bonchev–Trinajstić information content (AvgIpc) is 2.92. The maximum Gasteiger partial charge on any atom is 0.135 e. The zero-order valence-corrected chi connectivity index (χ0v) is 12.9. The summed E-state index contributed by atoms with van der Waals surface area (Å²) in [6, 6.07) is 9.99. The van der Waals surface area contributed by atoms with Crippen LogP contribution in [0.5, 0.6) is 0 Å². The van der Waals surface area contributed by atoms with E-state index >= 15 is 0 Å². The molecular formula is C16H17N3OS. The largest absolute Gasteiger partial charge is 0.510 e. The molecule has 4 nitrogen and oxygen atoms in total. The number of aryl methyl sites for hydroxylation is 2. The van der Waals surface area contributed by atoms with Gasteiger partial charge >= 0.3 is 0 Å². The molecule has 1 aliphatic rings. The fraction of sp³-hybridized carbons (Fsp3) is 0.250. The molecule has 0 fully saturated rings. The van der Waals surface area contributed by atoms with Crippen LogP contribution in [0.4, 0.5) is 0 Å². The van der Waals surface area contributed by atoms with Crippen LogP contribution in [0.2, 0.25) is 0 Å². The van der Waals surface area contributed by atoms with Gasteiger partial charge in [0.15, 0.2) is 0 Å². The highest BCUT2D eigenvalue weighted by Crippen LogP contribution is 2.32. The van der Waals surface area contributed by atoms with E-state index in [1.165, 1.54) is 11.3 Å². The van der Waals surface area contributed by atoms with Crippen molar-refractivity contribution < 1.29 is 5.11 Å². The highest BCUT2D eigenvalue weighted by atomic mass is 32.1. The Morgan fingerprint density at radius 2 is 2.00 bits per heavy atom. The molecule has 3 rings (SSSR count). The molecule has 2 heterocycles. The molecular weight excluding hydrogens is 282 g/mol. The molecule has 0 saturated carbocycles. The van der Waals surface area contributed by atoms with Crippen LogP contribution in [-0.2, 0) is 6.54 Å². The van der Waals surface area contributed by atoms with Crippen LogP contribution in [-0.4, -0.2) is 27.4 Å². The lowest BCUT2D eigenvalue weighted by Crippen LogP contribution is -2.25. The molecule has 108 valence electrons. The summed E-state index contributed by atoms with van der Waals surface area (Å²) < 4.78 is 0. The minimum Gasteiger partial charge on any atom is -0.510 e. The summed E-state index contributed by atoms with van der Waals surface area (Å²) in [5, 5.41) is 19.3. The number of amidine groups is 1. The van der Waals surface area contributed by atoms with Gasteiger partial charge in [-0.05, 0) is 19.4 Å². The van der Waals surface area contributed by atoms with Crippen molar-refractivity contribution in [3.8, 4) is 0 Å². The van der Waals surface area contributed by atoms with Gasteiger partial charge in [-0.1, -0.05) is 30.3 Å². The molecule has 0 saturated heterocycles. The summed E-state index contributed by atoms with van der Waals surface area (Å²) >= 11 is 1.53. The summed E-state index contributed by atoms with van der Waals surface area (Å²) in [5.41, 5.74) is 2.67. The summed E-state index contributed by atoms with van der Waals surface area (Å²) in [7, 11) is 0. The van der Waals surface area contributed by atoms with Crippen LogP contribution in [0.15, 0.2) is 36.1 Å². The Hall–Kier alpha value is -2.14. The van der Waals surface area contributed by atoms with Gasteiger partial charge < -0.3 is 10.0 Å². The van der Waals surface area contributed by atoms with Gasteiger partial charge in [0.2, 0.25) is 0 Å². The zero-order chi connectivity index (χ0) is 15.0. The van der Waals surface area contributed by atoms with Gasteiger partial charge in [-0.2, -0.15) is 0 Å². The van der Waals surface area contributed by atoms with Crippen molar-refractivity contribution >= 4 is 22.7 Å². The van der Waals surface area contributed by atoms with E-state index in [1.807, 2.05) is 49.1 Å². The summed E-state index contributed by atoms with van der Waals surface area (Å²) in [4.78, 5) is 7.46. The Balaban J connectivity index is 1.84. The zero-order valence-electron chi connectivity index (χ0n) is 12.1. The molecule has 5 heteroatoms. The molecule has 1 aromatic carbocycles. The highest BCUT2D eigenvalue weighted by Gasteiger charge is 2.30. The maximum absolute atomic E-state index is 10.2. The molecule has 0 amide bonds. The van der Waals surface area contributed by atoms with E-state index in [-0.39, 0.29) is 5.76 Å². The number of thiazole rings is 1.